The molecule has 1 aliphatic rings. The van der Waals surface area contributed by atoms with Crippen LogP contribution in [0.3, 0.4) is 0 Å². The molecule has 0 spiro atoms. The average Bonchev–Trinajstić information content (AvgIpc) is 3.15. The van der Waals surface area contributed by atoms with E-state index in [0.29, 0.717) is 18.0 Å². The molecule has 3 aromatic rings. The second-order valence-corrected chi connectivity index (χ2v) is 8.68. The van der Waals surface area contributed by atoms with Gasteiger partial charge in [0, 0.05) is 37.6 Å². The molecule has 6 nitrogen and oxygen atoms in total. The van der Waals surface area contributed by atoms with Crippen molar-refractivity contribution in [3.63, 3.8) is 0 Å². The fraction of sp³-hybridized carbons (Fsp3) is 0.440. The number of halogens is 1. The Bertz CT molecular complexity index is 1050. The molecule has 4 rings (SSSR count). The Hall–Kier alpha value is -2.41. The topological polar surface area (TPSA) is 59.4 Å². The molecular formula is C25H31ClN4O2. The first-order valence-electron chi connectivity index (χ1n) is 11.4. The Morgan fingerprint density at radius 2 is 2.00 bits per heavy atom. The van der Waals surface area contributed by atoms with E-state index in [9.17, 15) is 4.79 Å². The molecule has 32 heavy (non-hydrogen) atoms. The van der Waals surface area contributed by atoms with Crippen LogP contribution < -0.4 is 5.32 Å². The molecule has 1 saturated heterocycles. The number of imidazole rings is 1. The standard InChI is InChI=1S/C25H31ClN4O2/c1-2-6-23(25(31)27-11-12-29-13-15-32-16-14-29)30-22-10-4-3-9-21(22)28-24(30)18-19-7-5-8-20(26)17-19/h3-5,7-10,17,23H,2,6,11-16,18H2,1H3,(H,27,31)/t23-/m0/s1. The monoisotopic (exact) mass is 454 g/mol. The summed E-state index contributed by atoms with van der Waals surface area (Å²) in [6.45, 7) is 6.96. The Kier molecular flexibility index (Phi) is 7.79. The number of carbonyl (C=O) groups is 1. The maximum Gasteiger partial charge on any atom is 0.243 e. The van der Waals surface area contributed by atoms with E-state index in [1.807, 2.05) is 48.5 Å². The number of hydrogen-bond donors (Lipinski definition) is 1. The van der Waals surface area contributed by atoms with Crippen molar-refractivity contribution in [3.8, 4) is 0 Å². The van der Waals surface area contributed by atoms with Gasteiger partial charge in [0.2, 0.25) is 5.91 Å². The third-order valence-corrected chi connectivity index (χ3v) is 6.16. The largest absolute Gasteiger partial charge is 0.379 e. The van der Waals surface area contributed by atoms with Gasteiger partial charge in [-0.2, -0.15) is 0 Å². The first-order chi connectivity index (χ1) is 15.7. The predicted octanol–water partition coefficient (Wildman–Crippen LogP) is 4.07. The lowest BCUT2D eigenvalue weighted by atomic mass is 10.1. The minimum atomic E-state index is -0.300. The van der Waals surface area contributed by atoms with Gasteiger partial charge in [0.1, 0.15) is 11.9 Å². The molecule has 2 heterocycles. The molecule has 170 valence electrons. The quantitative estimate of drug-likeness (QED) is 0.529. The summed E-state index contributed by atoms with van der Waals surface area (Å²) in [5.74, 6) is 0.936. The maximum absolute atomic E-state index is 13.4. The van der Waals surface area contributed by atoms with Gasteiger partial charge < -0.3 is 14.6 Å². The lowest BCUT2D eigenvalue weighted by Crippen LogP contribution is -2.42. The fourth-order valence-corrected chi connectivity index (χ4v) is 4.54. The van der Waals surface area contributed by atoms with Crippen molar-refractivity contribution in [2.24, 2.45) is 0 Å². The van der Waals surface area contributed by atoms with Crippen LogP contribution in [0.5, 0.6) is 0 Å². The van der Waals surface area contributed by atoms with Gasteiger partial charge in [-0.1, -0.05) is 49.2 Å². The van der Waals surface area contributed by atoms with Crippen molar-refractivity contribution >= 4 is 28.5 Å². The molecule has 1 N–H and O–H groups in total. The molecular weight excluding hydrogens is 424 g/mol. The highest BCUT2D eigenvalue weighted by atomic mass is 35.5. The number of morpholine rings is 1. The number of hydrogen-bond acceptors (Lipinski definition) is 4. The molecule has 1 amide bonds. The first kappa shape index (κ1) is 22.8. The molecule has 1 aromatic heterocycles. The van der Waals surface area contributed by atoms with Crippen LogP contribution in [0.25, 0.3) is 11.0 Å². The molecule has 1 fully saturated rings. The molecule has 7 heteroatoms. The van der Waals surface area contributed by atoms with Crippen molar-refractivity contribution in [1.82, 2.24) is 19.8 Å². The number of aromatic nitrogens is 2. The van der Waals surface area contributed by atoms with E-state index >= 15 is 0 Å². The zero-order valence-electron chi connectivity index (χ0n) is 18.6. The van der Waals surface area contributed by atoms with Crippen LogP contribution in [0, 0.1) is 0 Å². The van der Waals surface area contributed by atoms with E-state index in [0.717, 1.165) is 68.1 Å². The van der Waals surface area contributed by atoms with Crippen LogP contribution in [0.4, 0.5) is 0 Å². The number of nitrogens with one attached hydrogen (secondary N) is 1. The number of nitrogens with zero attached hydrogens (tertiary/aromatic N) is 3. The summed E-state index contributed by atoms with van der Waals surface area (Å²) in [5, 5.41) is 3.88. The highest BCUT2D eigenvalue weighted by molar-refractivity contribution is 6.30. The van der Waals surface area contributed by atoms with Gasteiger partial charge in [-0.3, -0.25) is 9.69 Å². The summed E-state index contributed by atoms with van der Waals surface area (Å²) in [5.41, 5.74) is 2.98. The predicted molar refractivity (Wildman–Crippen MR) is 128 cm³/mol. The third kappa shape index (κ3) is 5.49. The molecule has 0 unspecified atom stereocenters. The lowest BCUT2D eigenvalue weighted by molar-refractivity contribution is -0.124. The highest BCUT2D eigenvalue weighted by Gasteiger charge is 2.25. The lowest BCUT2D eigenvalue weighted by Gasteiger charge is -2.27. The van der Waals surface area contributed by atoms with Gasteiger partial charge in [0.25, 0.3) is 0 Å². The smallest absolute Gasteiger partial charge is 0.243 e. The molecule has 1 aliphatic heterocycles. The van der Waals surface area contributed by atoms with Crippen molar-refractivity contribution in [3.05, 3.63) is 64.9 Å². The second-order valence-electron chi connectivity index (χ2n) is 8.24. The molecule has 0 aliphatic carbocycles. The Balaban J connectivity index is 1.57. The number of para-hydroxylation sites is 2. The number of rotatable bonds is 9. The molecule has 0 radical (unpaired) electrons. The van der Waals surface area contributed by atoms with E-state index in [-0.39, 0.29) is 11.9 Å². The summed E-state index contributed by atoms with van der Waals surface area (Å²) in [7, 11) is 0. The third-order valence-electron chi connectivity index (χ3n) is 5.93. The fourth-order valence-electron chi connectivity index (χ4n) is 4.33. The summed E-state index contributed by atoms with van der Waals surface area (Å²) < 4.78 is 7.54. The Morgan fingerprint density at radius 1 is 1.19 bits per heavy atom. The SMILES string of the molecule is CCC[C@@H](C(=O)NCCN1CCOCC1)n1c(Cc2cccc(Cl)c2)nc2ccccc21. The van der Waals surface area contributed by atoms with Crippen LogP contribution in [0.1, 0.15) is 37.2 Å². The van der Waals surface area contributed by atoms with Crippen molar-refractivity contribution < 1.29 is 9.53 Å². The maximum atomic E-state index is 13.4. The van der Waals surface area contributed by atoms with Crippen LogP contribution in [0.2, 0.25) is 5.02 Å². The van der Waals surface area contributed by atoms with Gasteiger partial charge in [-0.15, -0.1) is 0 Å². The van der Waals surface area contributed by atoms with Crippen LogP contribution in [0.15, 0.2) is 48.5 Å². The van der Waals surface area contributed by atoms with Gasteiger partial charge >= 0.3 is 0 Å². The minimum absolute atomic E-state index is 0.0515. The van der Waals surface area contributed by atoms with Crippen LogP contribution >= 0.6 is 11.6 Å². The van der Waals surface area contributed by atoms with E-state index in [4.69, 9.17) is 21.3 Å². The summed E-state index contributed by atoms with van der Waals surface area (Å²) in [4.78, 5) is 20.6. The summed E-state index contributed by atoms with van der Waals surface area (Å²) in [6.07, 6.45) is 2.29. The van der Waals surface area contributed by atoms with E-state index < -0.39 is 0 Å². The number of amides is 1. The number of ether oxygens (including phenoxy) is 1. The van der Waals surface area contributed by atoms with E-state index in [1.54, 1.807) is 0 Å². The molecule has 1 atom stereocenters. The first-order valence-corrected chi connectivity index (χ1v) is 11.8. The van der Waals surface area contributed by atoms with Crippen LogP contribution in [-0.2, 0) is 16.0 Å². The highest BCUT2D eigenvalue weighted by Crippen LogP contribution is 2.26. The Labute approximate surface area is 194 Å². The summed E-state index contributed by atoms with van der Waals surface area (Å²) >= 11 is 6.21. The van der Waals surface area contributed by atoms with Gasteiger partial charge in [0.05, 0.1) is 24.2 Å². The molecule has 0 saturated carbocycles. The minimum Gasteiger partial charge on any atom is -0.379 e. The van der Waals surface area contributed by atoms with Crippen molar-refractivity contribution in [1.29, 1.82) is 0 Å². The second kappa shape index (κ2) is 10.9. The van der Waals surface area contributed by atoms with Crippen LogP contribution in [-0.4, -0.2) is 59.8 Å². The molecule has 0 bridgehead atoms. The average molecular weight is 455 g/mol. The normalized spacial score (nSPS) is 15.7. The molecule has 2 aromatic carbocycles. The van der Waals surface area contributed by atoms with E-state index in [1.165, 1.54) is 0 Å². The zero-order valence-corrected chi connectivity index (χ0v) is 19.4. The van der Waals surface area contributed by atoms with E-state index in [2.05, 4.69) is 21.7 Å². The number of fused-ring (bicyclic) bond motifs is 1. The summed E-state index contributed by atoms with van der Waals surface area (Å²) in [6, 6.07) is 15.6. The van der Waals surface area contributed by atoms with Crippen molar-refractivity contribution in [2.75, 3.05) is 39.4 Å². The van der Waals surface area contributed by atoms with Gasteiger partial charge in [-0.05, 0) is 36.2 Å². The Morgan fingerprint density at radius 3 is 2.78 bits per heavy atom. The van der Waals surface area contributed by atoms with Gasteiger partial charge in [-0.25, -0.2) is 4.98 Å². The zero-order chi connectivity index (χ0) is 22.3. The number of benzene rings is 2. The van der Waals surface area contributed by atoms with Gasteiger partial charge in [0.15, 0.2) is 0 Å². The van der Waals surface area contributed by atoms with Crippen molar-refractivity contribution in [2.45, 2.75) is 32.2 Å². The number of carbonyl (C=O) groups excluding carboxylic acids is 1.